The van der Waals surface area contributed by atoms with Crippen LogP contribution in [0, 0.1) is 5.82 Å². The topological polar surface area (TPSA) is 29.5 Å². The van der Waals surface area contributed by atoms with Gasteiger partial charge in [-0.25, -0.2) is 4.39 Å². The Morgan fingerprint density at radius 1 is 0.818 bits per heavy atom. The summed E-state index contributed by atoms with van der Waals surface area (Å²) in [5, 5.41) is 0. The van der Waals surface area contributed by atoms with Crippen LogP contribution in [0.3, 0.4) is 0 Å². The van der Waals surface area contributed by atoms with Crippen LogP contribution in [0.1, 0.15) is 72.4 Å². The van der Waals surface area contributed by atoms with Crippen LogP contribution < -0.4 is 4.74 Å². The Labute approximate surface area is 246 Å². The van der Waals surface area contributed by atoms with Gasteiger partial charge in [0.15, 0.2) is 0 Å². The molecule has 3 aromatic carbocycles. The molecule has 3 nitrogen and oxygen atoms in total. The van der Waals surface area contributed by atoms with Crippen molar-refractivity contribution in [2.75, 3.05) is 7.11 Å². The lowest BCUT2D eigenvalue weighted by Gasteiger charge is -2.27. The lowest BCUT2D eigenvalue weighted by Crippen LogP contribution is -2.32. The molecule has 1 saturated heterocycles. The molecule has 0 saturated carbocycles. The molecule has 4 rings (SSSR count). The third-order valence-corrected chi connectivity index (χ3v) is 7.83. The van der Waals surface area contributed by atoms with Gasteiger partial charge in [-0.05, 0) is 71.5 Å². The number of likely N-dealkylation sites (tertiary alicyclic amines) is 1. The van der Waals surface area contributed by atoms with Crippen LogP contribution in [-0.2, 0) is 29.9 Å². The van der Waals surface area contributed by atoms with Crippen LogP contribution in [-0.4, -0.2) is 24.0 Å². The van der Waals surface area contributed by atoms with Gasteiger partial charge in [0, 0.05) is 36.6 Å². The van der Waals surface area contributed by atoms with Crippen LogP contribution in [0.4, 0.5) is 43.9 Å². The van der Waals surface area contributed by atoms with E-state index >= 15 is 0 Å². The fourth-order valence-corrected chi connectivity index (χ4v) is 5.48. The number of rotatable bonds is 6. The highest BCUT2D eigenvalue weighted by Crippen LogP contribution is 2.44. The average Bonchev–Trinajstić information content (AvgIpc) is 3.19. The summed E-state index contributed by atoms with van der Waals surface area (Å²) in [6, 6.07) is 5.42. The Morgan fingerprint density at radius 2 is 1.39 bits per heavy atom. The van der Waals surface area contributed by atoms with E-state index in [1.54, 1.807) is 13.8 Å². The van der Waals surface area contributed by atoms with E-state index in [2.05, 4.69) is 0 Å². The smallest absolute Gasteiger partial charge is 0.416 e. The molecule has 238 valence electrons. The molecular formula is C31H27F10NO2. The van der Waals surface area contributed by atoms with Crippen molar-refractivity contribution in [1.82, 2.24) is 4.90 Å². The summed E-state index contributed by atoms with van der Waals surface area (Å²) in [6.45, 7) is 4.38. The number of nitrogens with zero attached hydrogens (tertiary/aromatic N) is 1. The number of amides is 1. The number of ether oxygens (including phenoxy) is 1. The highest BCUT2D eigenvalue weighted by molar-refractivity contribution is 5.81. The summed E-state index contributed by atoms with van der Waals surface area (Å²) in [5.74, 6) is -2.69. The Kier molecular flexibility index (Phi) is 8.75. The average molecular weight is 636 g/mol. The molecule has 1 aliphatic heterocycles. The number of methoxy groups -OCH3 is 1. The molecule has 1 heterocycles. The van der Waals surface area contributed by atoms with Crippen molar-refractivity contribution in [3.05, 3.63) is 87.7 Å². The van der Waals surface area contributed by atoms with Gasteiger partial charge in [-0.15, -0.1) is 0 Å². The molecule has 0 radical (unpaired) electrons. The molecule has 3 aromatic rings. The quantitative estimate of drug-likeness (QED) is 0.253. The van der Waals surface area contributed by atoms with Crippen LogP contribution in [0.15, 0.2) is 48.5 Å². The van der Waals surface area contributed by atoms with Crippen molar-refractivity contribution in [3.63, 3.8) is 0 Å². The van der Waals surface area contributed by atoms with Gasteiger partial charge in [0.05, 0.1) is 23.8 Å². The molecule has 1 amide bonds. The van der Waals surface area contributed by atoms with E-state index in [4.69, 9.17) is 4.74 Å². The monoisotopic (exact) mass is 635 g/mol. The summed E-state index contributed by atoms with van der Waals surface area (Å²) >= 11 is 0. The maximum atomic E-state index is 14.7. The summed E-state index contributed by atoms with van der Waals surface area (Å²) in [7, 11) is 1.25. The van der Waals surface area contributed by atoms with Crippen molar-refractivity contribution in [1.29, 1.82) is 0 Å². The predicted octanol–water partition coefficient (Wildman–Crippen LogP) is 9.59. The van der Waals surface area contributed by atoms with Gasteiger partial charge >= 0.3 is 18.5 Å². The normalized spacial score (nSPS) is 18.0. The van der Waals surface area contributed by atoms with Gasteiger partial charge in [-0.2, -0.15) is 39.5 Å². The van der Waals surface area contributed by atoms with Gasteiger partial charge in [0.25, 0.3) is 0 Å². The molecule has 0 N–H and O–H groups in total. The van der Waals surface area contributed by atoms with Crippen molar-refractivity contribution in [3.8, 4) is 16.9 Å². The number of hydrogen-bond donors (Lipinski definition) is 0. The number of halogens is 10. The molecule has 0 aromatic heterocycles. The third-order valence-electron chi connectivity index (χ3n) is 7.83. The zero-order valence-electron chi connectivity index (χ0n) is 23.8. The van der Waals surface area contributed by atoms with Gasteiger partial charge in [-0.1, -0.05) is 19.9 Å². The van der Waals surface area contributed by atoms with Gasteiger partial charge < -0.3 is 9.64 Å². The Hall–Kier alpha value is -3.77. The first-order valence-electron chi connectivity index (χ1n) is 13.4. The van der Waals surface area contributed by atoms with Crippen molar-refractivity contribution < 1.29 is 53.4 Å². The molecule has 44 heavy (non-hydrogen) atoms. The minimum Gasteiger partial charge on any atom is -0.496 e. The van der Waals surface area contributed by atoms with Crippen LogP contribution in [0.5, 0.6) is 5.75 Å². The van der Waals surface area contributed by atoms with E-state index in [1.165, 1.54) is 20.1 Å². The minimum absolute atomic E-state index is 0.00947. The SMILES string of the molecule is COc1cc(F)c(C(C)C)cc1-c1ccc(C(F)(F)F)cc1CN1C(=O)CC(c2cc(C(F)(F)F)cc(C(F)(F)F)c2)C1C. The number of hydrogen-bond acceptors (Lipinski definition) is 2. The summed E-state index contributed by atoms with van der Waals surface area (Å²) < 4.78 is 142. The molecule has 0 aliphatic carbocycles. The highest BCUT2D eigenvalue weighted by atomic mass is 19.4. The van der Waals surface area contributed by atoms with Crippen molar-refractivity contribution >= 4 is 5.91 Å². The number of carbonyl (C=O) groups excluding carboxylic acids is 1. The van der Waals surface area contributed by atoms with Crippen molar-refractivity contribution in [2.45, 2.75) is 70.1 Å². The summed E-state index contributed by atoms with van der Waals surface area (Å²) in [6.07, 6.45) is -15.4. The zero-order valence-corrected chi connectivity index (χ0v) is 23.8. The number of alkyl halides is 9. The van der Waals surface area contributed by atoms with E-state index in [1.807, 2.05) is 0 Å². The molecule has 0 spiro atoms. The first kappa shape index (κ1) is 33.1. The van der Waals surface area contributed by atoms with E-state index in [9.17, 15) is 48.7 Å². The van der Waals surface area contributed by atoms with Crippen LogP contribution in [0.25, 0.3) is 11.1 Å². The Bertz CT molecular complexity index is 1520. The maximum absolute atomic E-state index is 14.7. The second-order valence-corrected chi connectivity index (χ2v) is 11.0. The lowest BCUT2D eigenvalue weighted by atomic mass is 9.89. The Morgan fingerprint density at radius 3 is 1.89 bits per heavy atom. The third kappa shape index (κ3) is 6.66. The van der Waals surface area contributed by atoms with E-state index in [-0.39, 0.29) is 45.6 Å². The maximum Gasteiger partial charge on any atom is 0.416 e. The summed E-state index contributed by atoms with van der Waals surface area (Å²) in [5.41, 5.74) is -3.85. The predicted molar refractivity (Wildman–Crippen MR) is 141 cm³/mol. The molecule has 1 aliphatic rings. The van der Waals surface area contributed by atoms with E-state index < -0.39 is 71.9 Å². The molecular weight excluding hydrogens is 608 g/mol. The number of carbonyl (C=O) groups is 1. The van der Waals surface area contributed by atoms with Gasteiger partial charge in [0.1, 0.15) is 11.6 Å². The van der Waals surface area contributed by atoms with Crippen LogP contribution in [0.2, 0.25) is 0 Å². The highest BCUT2D eigenvalue weighted by Gasteiger charge is 2.42. The van der Waals surface area contributed by atoms with Gasteiger partial charge in [-0.3, -0.25) is 4.79 Å². The van der Waals surface area contributed by atoms with Gasteiger partial charge in [0.2, 0.25) is 5.91 Å². The largest absolute Gasteiger partial charge is 0.496 e. The standard InChI is InChI=1S/C31H27F10NO2/c1-15(2)23-11-25(27(44-4)13-26(23)32)22-6-5-19(29(33,34)35)9-18(22)14-42-16(3)24(12-28(42)43)17-7-20(30(36,37)38)10-21(8-17)31(39,40)41/h5-11,13,15-16,24H,12,14H2,1-4H3. The lowest BCUT2D eigenvalue weighted by molar-refractivity contribution is -0.143. The van der Waals surface area contributed by atoms with E-state index in [0.717, 1.165) is 29.2 Å². The fraction of sp³-hybridized carbons (Fsp3) is 0.387. The van der Waals surface area contributed by atoms with Crippen LogP contribution >= 0.6 is 0 Å². The number of benzene rings is 3. The van der Waals surface area contributed by atoms with Crippen molar-refractivity contribution in [2.24, 2.45) is 0 Å². The molecule has 2 atom stereocenters. The first-order chi connectivity index (χ1) is 20.2. The fourth-order valence-electron chi connectivity index (χ4n) is 5.48. The zero-order chi connectivity index (χ0) is 32.9. The summed E-state index contributed by atoms with van der Waals surface area (Å²) in [4.78, 5) is 14.3. The second kappa shape index (κ2) is 11.6. The molecule has 2 unspecified atom stereocenters. The second-order valence-electron chi connectivity index (χ2n) is 11.0. The molecule has 1 fully saturated rings. The minimum atomic E-state index is -5.10. The Balaban J connectivity index is 1.81. The van der Waals surface area contributed by atoms with E-state index in [0.29, 0.717) is 12.1 Å². The molecule has 13 heteroatoms. The molecule has 0 bridgehead atoms. The first-order valence-corrected chi connectivity index (χ1v) is 13.4.